The zero-order valence-electron chi connectivity index (χ0n) is 8.97. The average Bonchev–Trinajstić information content (AvgIpc) is 2.31. The molecule has 1 heterocycles. The molecule has 0 aliphatic heterocycles. The minimum absolute atomic E-state index is 0.420. The second-order valence-electron chi connectivity index (χ2n) is 3.54. The van der Waals surface area contributed by atoms with Crippen molar-refractivity contribution < 1.29 is 4.39 Å². The highest BCUT2D eigenvalue weighted by Crippen LogP contribution is 2.09. The van der Waals surface area contributed by atoms with Gasteiger partial charge in [-0.1, -0.05) is 30.3 Å². The fourth-order valence-corrected chi connectivity index (χ4v) is 1.43. The zero-order valence-corrected chi connectivity index (χ0v) is 8.97. The molecule has 0 aliphatic carbocycles. The van der Waals surface area contributed by atoms with Crippen molar-refractivity contribution in [3.8, 4) is 0 Å². The molecule has 0 fully saturated rings. The summed E-state index contributed by atoms with van der Waals surface area (Å²) in [5.41, 5.74) is 1.16. The molecule has 2 rings (SSSR count). The SMILES string of the molecule is CN(Cc1ccccc1)c1ncc(F)cn1. The molecule has 0 unspecified atom stereocenters. The van der Waals surface area contributed by atoms with Crippen LogP contribution in [0.3, 0.4) is 0 Å². The van der Waals surface area contributed by atoms with Crippen molar-refractivity contribution >= 4 is 5.95 Å². The molecule has 0 N–H and O–H groups in total. The van der Waals surface area contributed by atoms with Gasteiger partial charge < -0.3 is 4.90 Å². The Kier molecular flexibility index (Phi) is 3.10. The average molecular weight is 217 g/mol. The summed E-state index contributed by atoms with van der Waals surface area (Å²) < 4.78 is 12.6. The van der Waals surface area contributed by atoms with Crippen molar-refractivity contribution in [2.45, 2.75) is 6.54 Å². The van der Waals surface area contributed by atoms with Gasteiger partial charge in [0.15, 0.2) is 5.82 Å². The topological polar surface area (TPSA) is 29.0 Å². The summed E-state index contributed by atoms with van der Waals surface area (Å²) >= 11 is 0. The normalized spacial score (nSPS) is 10.1. The molecule has 0 aliphatic rings. The largest absolute Gasteiger partial charge is 0.340 e. The lowest BCUT2D eigenvalue weighted by Crippen LogP contribution is -2.18. The first-order chi connectivity index (χ1) is 7.75. The van der Waals surface area contributed by atoms with Crippen LogP contribution in [0.25, 0.3) is 0 Å². The first kappa shape index (κ1) is 10.5. The molecule has 4 heteroatoms. The molecule has 0 amide bonds. The number of aromatic nitrogens is 2. The van der Waals surface area contributed by atoms with E-state index in [0.717, 1.165) is 5.56 Å². The van der Waals surface area contributed by atoms with E-state index in [1.54, 1.807) is 0 Å². The second-order valence-corrected chi connectivity index (χ2v) is 3.54. The Morgan fingerprint density at radius 1 is 1.12 bits per heavy atom. The predicted octanol–water partition coefficient (Wildman–Crippen LogP) is 2.25. The van der Waals surface area contributed by atoms with Crippen LogP contribution in [0.2, 0.25) is 0 Å². The third kappa shape index (κ3) is 2.53. The zero-order chi connectivity index (χ0) is 11.4. The molecule has 3 nitrogen and oxygen atoms in total. The molecule has 1 aromatic heterocycles. The Labute approximate surface area is 93.6 Å². The van der Waals surface area contributed by atoms with Crippen LogP contribution < -0.4 is 4.90 Å². The molecule has 0 spiro atoms. The maximum Gasteiger partial charge on any atom is 0.225 e. The fourth-order valence-electron chi connectivity index (χ4n) is 1.43. The number of nitrogens with zero attached hydrogens (tertiary/aromatic N) is 3. The summed E-state index contributed by atoms with van der Waals surface area (Å²) in [5, 5.41) is 0. The smallest absolute Gasteiger partial charge is 0.225 e. The number of halogens is 1. The molecule has 2 aromatic rings. The monoisotopic (exact) mass is 217 g/mol. The maximum atomic E-state index is 12.6. The molecule has 0 saturated carbocycles. The van der Waals surface area contributed by atoms with Gasteiger partial charge in [0.1, 0.15) is 0 Å². The molecule has 16 heavy (non-hydrogen) atoms. The van der Waals surface area contributed by atoms with Gasteiger partial charge in [-0.25, -0.2) is 14.4 Å². The van der Waals surface area contributed by atoms with Crippen LogP contribution in [0.5, 0.6) is 0 Å². The van der Waals surface area contributed by atoms with E-state index in [1.807, 2.05) is 42.3 Å². The van der Waals surface area contributed by atoms with Gasteiger partial charge in [-0.05, 0) is 5.56 Å². The summed E-state index contributed by atoms with van der Waals surface area (Å²) in [6.07, 6.45) is 2.34. The number of rotatable bonds is 3. The lowest BCUT2D eigenvalue weighted by molar-refractivity contribution is 0.612. The van der Waals surface area contributed by atoms with Gasteiger partial charge in [-0.15, -0.1) is 0 Å². The van der Waals surface area contributed by atoms with Gasteiger partial charge in [0.2, 0.25) is 5.95 Å². The first-order valence-electron chi connectivity index (χ1n) is 4.98. The van der Waals surface area contributed by atoms with Gasteiger partial charge in [0.05, 0.1) is 12.4 Å². The quantitative estimate of drug-likeness (QED) is 0.789. The molecule has 1 aromatic carbocycles. The standard InChI is InChI=1S/C12H12FN3/c1-16(9-10-5-3-2-4-6-10)12-14-7-11(13)8-15-12/h2-8H,9H2,1H3. The Balaban J connectivity index is 2.09. The van der Waals surface area contributed by atoms with E-state index in [2.05, 4.69) is 9.97 Å². The molecular formula is C12H12FN3. The van der Waals surface area contributed by atoms with E-state index in [9.17, 15) is 4.39 Å². The van der Waals surface area contributed by atoms with Gasteiger partial charge in [-0.2, -0.15) is 0 Å². The van der Waals surface area contributed by atoms with Gasteiger partial charge >= 0.3 is 0 Å². The Morgan fingerprint density at radius 3 is 2.38 bits per heavy atom. The Hall–Kier alpha value is -1.97. The van der Waals surface area contributed by atoms with Gasteiger partial charge in [0, 0.05) is 13.6 Å². The van der Waals surface area contributed by atoms with E-state index >= 15 is 0 Å². The molecule has 0 atom stereocenters. The molecule has 0 bridgehead atoms. The summed E-state index contributed by atoms with van der Waals surface area (Å²) in [5.74, 6) is 0.0992. The van der Waals surface area contributed by atoms with Gasteiger partial charge in [-0.3, -0.25) is 0 Å². The fraction of sp³-hybridized carbons (Fsp3) is 0.167. The molecule has 0 radical (unpaired) electrons. The van der Waals surface area contributed by atoms with E-state index in [-0.39, 0.29) is 0 Å². The van der Waals surface area contributed by atoms with Crippen molar-refractivity contribution in [3.05, 3.63) is 54.1 Å². The summed E-state index contributed by atoms with van der Waals surface area (Å²) in [4.78, 5) is 9.70. The van der Waals surface area contributed by atoms with E-state index in [4.69, 9.17) is 0 Å². The van der Waals surface area contributed by atoms with Crippen LogP contribution in [-0.4, -0.2) is 17.0 Å². The molecular weight excluding hydrogens is 205 g/mol. The Bertz CT molecular complexity index is 442. The van der Waals surface area contributed by atoms with Crippen LogP contribution in [-0.2, 0) is 6.54 Å². The minimum atomic E-state index is -0.420. The summed E-state index contributed by atoms with van der Waals surface area (Å²) in [6.45, 7) is 0.701. The number of hydrogen-bond donors (Lipinski definition) is 0. The van der Waals surface area contributed by atoms with Crippen molar-refractivity contribution in [2.24, 2.45) is 0 Å². The van der Waals surface area contributed by atoms with Crippen molar-refractivity contribution in [3.63, 3.8) is 0 Å². The van der Waals surface area contributed by atoms with Crippen LogP contribution in [0.1, 0.15) is 5.56 Å². The highest BCUT2D eigenvalue weighted by Gasteiger charge is 2.04. The predicted molar refractivity (Wildman–Crippen MR) is 60.5 cm³/mol. The lowest BCUT2D eigenvalue weighted by Gasteiger charge is -2.16. The number of hydrogen-bond acceptors (Lipinski definition) is 3. The van der Waals surface area contributed by atoms with Crippen LogP contribution in [0.15, 0.2) is 42.7 Å². The van der Waals surface area contributed by atoms with E-state index < -0.39 is 5.82 Å². The Morgan fingerprint density at radius 2 is 1.75 bits per heavy atom. The third-order valence-electron chi connectivity index (χ3n) is 2.21. The van der Waals surface area contributed by atoms with Crippen molar-refractivity contribution in [1.29, 1.82) is 0 Å². The van der Waals surface area contributed by atoms with Crippen LogP contribution >= 0.6 is 0 Å². The number of anilines is 1. The summed E-state index contributed by atoms with van der Waals surface area (Å²) in [6, 6.07) is 9.99. The van der Waals surface area contributed by atoms with Crippen LogP contribution in [0.4, 0.5) is 10.3 Å². The molecule has 82 valence electrons. The highest BCUT2D eigenvalue weighted by atomic mass is 19.1. The number of benzene rings is 1. The minimum Gasteiger partial charge on any atom is -0.340 e. The second kappa shape index (κ2) is 4.70. The first-order valence-corrected chi connectivity index (χ1v) is 4.98. The third-order valence-corrected chi connectivity index (χ3v) is 2.21. The van der Waals surface area contributed by atoms with Crippen LogP contribution in [0, 0.1) is 5.82 Å². The van der Waals surface area contributed by atoms with E-state index in [0.29, 0.717) is 12.5 Å². The van der Waals surface area contributed by atoms with Crippen molar-refractivity contribution in [1.82, 2.24) is 9.97 Å². The lowest BCUT2D eigenvalue weighted by atomic mass is 10.2. The van der Waals surface area contributed by atoms with Crippen molar-refractivity contribution in [2.75, 3.05) is 11.9 Å². The van der Waals surface area contributed by atoms with Gasteiger partial charge in [0.25, 0.3) is 0 Å². The maximum absolute atomic E-state index is 12.6. The van der Waals surface area contributed by atoms with E-state index in [1.165, 1.54) is 12.4 Å². The molecule has 0 saturated heterocycles. The summed E-state index contributed by atoms with van der Waals surface area (Å²) in [7, 11) is 1.88. The highest BCUT2D eigenvalue weighted by molar-refractivity contribution is 5.30.